The molecule has 0 radical (unpaired) electrons. The quantitative estimate of drug-likeness (QED) is 0.427. The number of alkyl halides is 3. The fourth-order valence-electron chi connectivity index (χ4n) is 3.25. The van der Waals surface area contributed by atoms with E-state index >= 15 is 0 Å². The van der Waals surface area contributed by atoms with Gasteiger partial charge in [-0.3, -0.25) is 0 Å². The van der Waals surface area contributed by atoms with E-state index in [4.69, 9.17) is 11.6 Å². The van der Waals surface area contributed by atoms with Gasteiger partial charge >= 0.3 is 6.18 Å². The molecule has 4 aromatic rings. The fourth-order valence-corrected chi connectivity index (χ4v) is 3.37. The molecule has 1 aliphatic carbocycles. The van der Waals surface area contributed by atoms with Crippen LogP contribution in [0.3, 0.4) is 0 Å². The van der Waals surface area contributed by atoms with Gasteiger partial charge in [0.15, 0.2) is 5.82 Å². The van der Waals surface area contributed by atoms with Gasteiger partial charge in [-0.05, 0) is 59.7 Å². The summed E-state index contributed by atoms with van der Waals surface area (Å²) in [7, 11) is 0. The van der Waals surface area contributed by atoms with Crippen molar-refractivity contribution in [2.24, 2.45) is 0 Å². The van der Waals surface area contributed by atoms with Crippen LogP contribution < -0.4 is 0 Å². The monoisotopic (exact) mass is 442 g/mol. The van der Waals surface area contributed by atoms with E-state index in [9.17, 15) is 13.2 Å². The molecule has 156 valence electrons. The molecular weight excluding hydrogens is 429 g/mol. The summed E-state index contributed by atoms with van der Waals surface area (Å²) < 4.78 is 40.5. The van der Waals surface area contributed by atoms with Gasteiger partial charge < -0.3 is 0 Å². The average Bonchev–Trinajstić information content (AvgIpc) is 3.50. The van der Waals surface area contributed by atoms with Crippen molar-refractivity contribution in [1.29, 1.82) is 0 Å². The number of hydrogen-bond acceptors (Lipinski definition) is 5. The lowest BCUT2D eigenvalue weighted by Crippen LogP contribution is -2.05. The maximum absolute atomic E-state index is 13.0. The SMILES string of the molecule is FC(F)(F)c1ccc(-c2nc(C3CC3)ncc2-c2nnnn2-c2ccc(Cl)cc2)cc1. The van der Waals surface area contributed by atoms with E-state index < -0.39 is 11.7 Å². The Morgan fingerprint density at radius 2 is 1.68 bits per heavy atom. The van der Waals surface area contributed by atoms with Gasteiger partial charge in [0.1, 0.15) is 5.82 Å². The van der Waals surface area contributed by atoms with Crippen molar-refractivity contribution in [3.05, 3.63) is 71.1 Å². The molecule has 6 nitrogen and oxygen atoms in total. The van der Waals surface area contributed by atoms with Crippen LogP contribution in [0.5, 0.6) is 0 Å². The second-order valence-electron chi connectivity index (χ2n) is 7.23. The number of rotatable bonds is 4. The summed E-state index contributed by atoms with van der Waals surface area (Å²) in [5, 5.41) is 12.5. The molecule has 0 N–H and O–H groups in total. The van der Waals surface area contributed by atoms with E-state index in [1.54, 1.807) is 30.5 Å². The van der Waals surface area contributed by atoms with Crippen LogP contribution in [0.25, 0.3) is 28.3 Å². The second kappa shape index (κ2) is 7.42. The van der Waals surface area contributed by atoms with Gasteiger partial charge in [0, 0.05) is 22.7 Å². The van der Waals surface area contributed by atoms with Gasteiger partial charge in [0.25, 0.3) is 0 Å². The average molecular weight is 443 g/mol. The summed E-state index contributed by atoms with van der Waals surface area (Å²) in [6.45, 7) is 0. The van der Waals surface area contributed by atoms with E-state index in [0.29, 0.717) is 39.2 Å². The summed E-state index contributed by atoms with van der Waals surface area (Å²) in [5.74, 6) is 1.32. The number of nitrogens with zero attached hydrogens (tertiary/aromatic N) is 6. The molecular formula is C21H14ClF3N6. The Balaban J connectivity index is 1.64. The van der Waals surface area contributed by atoms with E-state index in [1.807, 2.05) is 0 Å². The molecule has 0 atom stereocenters. The standard InChI is InChI=1S/C21H14ClF3N6/c22-15-7-9-16(10-8-15)31-20(28-29-30-31)17-11-26-19(13-1-2-13)27-18(17)12-3-5-14(6-4-12)21(23,24)25/h3-11,13H,1-2H2. The van der Waals surface area contributed by atoms with Crippen molar-refractivity contribution in [3.63, 3.8) is 0 Å². The van der Waals surface area contributed by atoms with Gasteiger partial charge in [-0.25, -0.2) is 9.97 Å². The first-order chi connectivity index (χ1) is 14.9. The van der Waals surface area contributed by atoms with Crippen molar-refractivity contribution in [2.75, 3.05) is 0 Å². The summed E-state index contributed by atoms with van der Waals surface area (Å²) in [4.78, 5) is 9.15. The van der Waals surface area contributed by atoms with E-state index in [-0.39, 0.29) is 5.92 Å². The Morgan fingerprint density at radius 1 is 0.968 bits per heavy atom. The largest absolute Gasteiger partial charge is 0.416 e. The number of aromatic nitrogens is 6. The molecule has 5 rings (SSSR count). The van der Waals surface area contributed by atoms with Crippen LogP contribution >= 0.6 is 11.6 Å². The molecule has 2 aromatic carbocycles. The van der Waals surface area contributed by atoms with Crippen LogP contribution in [-0.2, 0) is 6.18 Å². The van der Waals surface area contributed by atoms with E-state index in [2.05, 4.69) is 25.5 Å². The van der Waals surface area contributed by atoms with Gasteiger partial charge in [-0.1, -0.05) is 23.7 Å². The van der Waals surface area contributed by atoms with E-state index in [0.717, 1.165) is 25.0 Å². The first-order valence-corrected chi connectivity index (χ1v) is 9.87. The van der Waals surface area contributed by atoms with Crippen LogP contribution in [0.2, 0.25) is 5.02 Å². The Labute approximate surface area is 179 Å². The lowest BCUT2D eigenvalue weighted by molar-refractivity contribution is -0.137. The number of hydrogen-bond donors (Lipinski definition) is 0. The van der Waals surface area contributed by atoms with Crippen molar-refractivity contribution in [2.45, 2.75) is 24.9 Å². The molecule has 0 saturated heterocycles. The normalized spacial score (nSPS) is 14.1. The van der Waals surface area contributed by atoms with Crippen molar-refractivity contribution in [3.8, 4) is 28.3 Å². The molecule has 0 bridgehead atoms. The summed E-state index contributed by atoms with van der Waals surface area (Å²) in [6, 6.07) is 11.8. The van der Waals surface area contributed by atoms with E-state index in [1.165, 1.54) is 16.8 Å². The second-order valence-corrected chi connectivity index (χ2v) is 7.67. The summed E-state index contributed by atoms with van der Waals surface area (Å²) in [6.07, 6.45) is -0.792. The predicted octanol–water partition coefficient (Wildman–Crippen LogP) is 5.34. The molecule has 31 heavy (non-hydrogen) atoms. The summed E-state index contributed by atoms with van der Waals surface area (Å²) >= 11 is 5.97. The lowest BCUT2D eigenvalue weighted by atomic mass is 10.0. The lowest BCUT2D eigenvalue weighted by Gasteiger charge is -2.12. The summed E-state index contributed by atoms with van der Waals surface area (Å²) in [5.41, 5.74) is 1.48. The van der Waals surface area contributed by atoms with Crippen molar-refractivity contribution >= 4 is 11.6 Å². The molecule has 10 heteroatoms. The zero-order valence-electron chi connectivity index (χ0n) is 15.9. The smallest absolute Gasteiger partial charge is 0.240 e. The Kier molecular flexibility index (Phi) is 4.70. The maximum Gasteiger partial charge on any atom is 0.416 e. The first kappa shape index (κ1) is 19.6. The third kappa shape index (κ3) is 3.88. The van der Waals surface area contributed by atoms with Crippen LogP contribution in [-0.4, -0.2) is 30.2 Å². The zero-order chi connectivity index (χ0) is 21.6. The van der Waals surface area contributed by atoms with Gasteiger partial charge in [-0.15, -0.1) is 5.10 Å². The van der Waals surface area contributed by atoms with Crippen LogP contribution in [0.1, 0.15) is 30.1 Å². The van der Waals surface area contributed by atoms with Gasteiger partial charge in [0.05, 0.1) is 22.5 Å². The van der Waals surface area contributed by atoms with Crippen LogP contribution in [0, 0.1) is 0 Å². The third-order valence-corrected chi connectivity index (χ3v) is 5.27. The molecule has 0 unspecified atom stereocenters. The highest BCUT2D eigenvalue weighted by Gasteiger charge is 2.31. The molecule has 2 aromatic heterocycles. The molecule has 1 aliphatic rings. The maximum atomic E-state index is 13.0. The molecule has 1 fully saturated rings. The highest BCUT2D eigenvalue weighted by Crippen LogP contribution is 2.40. The Hall–Kier alpha value is -3.33. The first-order valence-electron chi connectivity index (χ1n) is 9.49. The molecule has 1 saturated carbocycles. The minimum atomic E-state index is -4.41. The minimum absolute atomic E-state index is 0.273. The molecule has 0 aliphatic heterocycles. The van der Waals surface area contributed by atoms with Gasteiger partial charge in [0.2, 0.25) is 0 Å². The Morgan fingerprint density at radius 3 is 2.32 bits per heavy atom. The molecule has 0 amide bonds. The molecule has 2 heterocycles. The number of halogens is 4. The fraction of sp³-hybridized carbons (Fsp3) is 0.190. The minimum Gasteiger partial charge on any atom is -0.240 e. The zero-order valence-corrected chi connectivity index (χ0v) is 16.6. The van der Waals surface area contributed by atoms with Crippen LogP contribution in [0.4, 0.5) is 13.2 Å². The number of tetrazole rings is 1. The predicted molar refractivity (Wildman–Crippen MR) is 108 cm³/mol. The Bertz CT molecular complexity index is 1230. The van der Waals surface area contributed by atoms with Gasteiger partial charge in [-0.2, -0.15) is 17.9 Å². The highest BCUT2D eigenvalue weighted by atomic mass is 35.5. The third-order valence-electron chi connectivity index (χ3n) is 5.02. The number of benzene rings is 2. The van der Waals surface area contributed by atoms with Crippen molar-refractivity contribution in [1.82, 2.24) is 30.2 Å². The van der Waals surface area contributed by atoms with Crippen molar-refractivity contribution < 1.29 is 13.2 Å². The molecule has 0 spiro atoms. The topological polar surface area (TPSA) is 69.4 Å². The highest BCUT2D eigenvalue weighted by molar-refractivity contribution is 6.30. The van der Waals surface area contributed by atoms with Crippen LogP contribution in [0.15, 0.2) is 54.7 Å².